The van der Waals surface area contributed by atoms with Gasteiger partial charge < -0.3 is 24.8 Å². The number of hydrogen-bond acceptors (Lipinski definition) is 6. The summed E-state index contributed by atoms with van der Waals surface area (Å²) in [4.78, 5) is 28.5. The summed E-state index contributed by atoms with van der Waals surface area (Å²) >= 11 is 0. The zero-order valence-electron chi connectivity index (χ0n) is 17.1. The summed E-state index contributed by atoms with van der Waals surface area (Å²) in [5.74, 6) is 0.528. The smallest absolute Gasteiger partial charge is 0.254 e. The van der Waals surface area contributed by atoms with Crippen LogP contribution in [0.15, 0.2) is 18.2 Å². The minimum Gasteiger partial charge on any atom is -0.489 e. The first-order chi connectivity index (χ1) is 14.6. The first-order valence-corrected chi connectivity index (χ1v) is 11.0. The molecule has 0 aromatic heterocycles. The van der Waals surface area contributed by atoms with E-state index in [1.807, 2.05) is 18.2 Å². The van der Waals surface area contributed by atoms with E-state index in [0.717, 1.165) is 56.9 Å². The van der Waals surface area contributed by atoms with E-state index in [9.17, 15) is 14.7 Å². The molecule has 2 N–H and O–H groups in total. The van der Waals surface area contributed by atoms with E-state index in [-0.39, 0.29) is 17.9 Å². The maximum atomic E-state index is 12.9. The highest BCUT2D eigenvalue weighted by Gasteiger charge is 2.39. The molecule has 162 valence electrons. The van der Waals surface area contributed by atoms with Gasteiger partial charge in [-0.2, -0.15) is 0 Å². The number of morpholine rings is 1. The van der Waals surface area contributed by atoms with Crippen molar-refractivity contribution in [2.45, 2.75) is 63.1 Å². The van der Waals surface area contributed by atoms with Gasteiger partial charge in [-0.25, -0.2) is 0 Å². The number of aliphatic hydroxyl groups is 1. The Morgan fingerprint density at radius 3 is 2.73 bits per heavy atom. The Morgan fingerprint density at radius 1 is 1.10 bits per heavy atom. The molecule has 4 aliphatic rings. The fraction of sp³-hybridized carbons (Fsp3) is 0.636. The molecule has 3 aliphatic heterocycles. The van der Waals surface area contributed by atoms with Crippen LogP contribution >= 0.6 is 0 Å². The summed E-state index contributed by atoms with van der Waals surface area (Å²) in [6.07, 6.45) is 3.28. The Hall–Kier alpha value is -2.16. The zero-order valence-corrected chi connectivity index (χ0v) is 17.1. The van der Waals surface area contributed by atoms with Crippen LogP contribution in [0.4, 0.5) is 0 Å². The molecule has 8 heteroatoms. The number of rotatable bonds is 4. The van der Waals surface area contributed by atoms with Gasteiger partial charge in [-0.15, -0.1) is 0 Å². The van der Waals surface area contributed by atoms with Crippen LogP contribution in [0.1, 0.15) is 48.0 Å². The van der Waals surface area contributed by atoms with Gasteiger partial charge in [0.2, 0.25) is 5.91 Å². The molecule has 0 radical (unpaired) electrons. The van der Waals surface area contributed by atoms with Crippen molar-refractivity contribution in [3.63, 3.8) is 0 Å². The van der Waals surface area contributed by atoms with Crippen LogP contribution in [-0.4, -0.2) is 77.4 Å². The molecule has 4 atom stereocenters. The number of aliphatic hydroxyl groups excluding tert-OH is 1. The lowest BCUT2D eigenvalue weighted by Crippen LogP contribution is -2.55. The van der Waals surface area contributed by atoms with E-state index in [0.29, 0.717) is 31.0 Å². The summed E-state index contributed by atoms with van der Waals surface area (Å²) in [6.45, 7) is 3.92. The summed E-state index contributed by atoms with van der Waals surface area (Å²) < 4.78 is 11.9. The van der Waals surface area contributed by atoms with Crippen molar-refractivity contribution in [1.29, 1.82) is 0 Å². The molecule has 8 nitrogen and oxygen atoms in total. The maximum Gasteiger partial charge on any atom is 0.254 e. The third kappa shape index (κ3) is 3.68. The molecule has 2 saturated heterocycles. The second kappa shape index (κ2) is 8.17. The Labute approximate surface area is 176 Å². The molecule has 5 rings (SSSR count). The van der Waals surface area contributed by atoms with Crippen LogP contribution in [0.3, 0.4) is 0 Å². The Bertz CT molecular complexity index is 825. The molecule has 1 aromatic carbocycles. The fourth-order valence-corrected chi connectivity index (χ4v) is 5.30. The van der Waals surface area contributed by atoms with Crippen LogP contribution in [0.25, 0.3) is 0 Å². The van der Waals surface area contributed by atoms with Gasteiger partial charge in [0.05, 0.1) is 19.3 Å². The average molecular weight is 415 g/mol. The SMILES string of the molecule is O=C1CCC(N2Cc3cc(O[C@@H]4CCC[C@@H]4N4CCOCC4)ccc3C2=O)C(O)N1. The molecule has 0 bridgehead atoms. The molecule has 1 aromatic rings. The highest BCUT2D eigenvalue weighted by Crippen LogP contribution is 2.33. The molecule has 2 unspecified atom stereocenters. The molecule has 30 heavy (non-hydrogen) atoms. The highest BCUT2D eigenvalue weighted by atomic mass is 16.5. The van der Waals surface area contributed by atoms with Crippen molar-refractivity contribution in [3.8, 4) is 5.75 Å². The van der Waals surface area contributed by atoms with Crippen molar-refractivity contribution in [2.75, 3.05) is 26.3 Å². The van der Waals surface area contributed by atoms with E-state index in [1.54, 1.807) is 4.90 Å². The molecular formula is C22H29N3O5. The van der Waals surface area contributed by atoms with E-state index in [4.69, 9.17) is 9.47 Å². The van der Waals surface area contributed by atoms with Crippen molar-refractivity contribution < 1.29 is 24.2 Å². The predicted octanol–water partition coefficient (Wildman–Crippen LogP) is 0.871. The number of benzene rings is 1. The summed E-state index contributed by atoms with van der Waals surface area (Å²) in [5.41, 5.74) is 1.57. The number of carbonyl (C=O) groups is 2. The van der Waals surface area contributed by atoms with Gasteiger partial charge in [0.15, 0.2) is 0 Å². The number of nitrogens with zero attached hydrogens (tertiary/aromatic N) is 2. The molecular weight excluding hydrogens is 386 g/mol. The molecule has 3 fully saturated rings. The van der Waals surface area contributed by atoms with E-state index < -0.39 is 12.3 Å². The quantitative estimate of drug-likeness (QED) is 0.758. The average Bonchev–Trinajstić information content (AvgIpc) is 3.33. The molecule has 3 heterocycles. The van der Waals surface area contributed by atoms with Crippen molar-refractivity contribution in [3.05, 3.63) is 29.3 Å². The van der Waals surface area contributed by atoms with Crippen LogP contribution < -0.4 is 10.1 Å². The van der Waals surface area contributed by atoms with E-state index in [2.05, 4.69) is 10.2 Å². The number of carbonyl (C=O) groups excluding carboxylic acids is 2. The lowest BCUT2D eigenvalue weighted by Gasteiger charge is -2.35. The monoisotopic (exact) mass is 415 g/mol. The number of hydrogen-bond donors (Lipinski definition) is 2. The van der Waals surface area contributed by atoms with Crippen LogP contribution in [-0.2, 0) is 16.1 Å². The summed E-state index contributed by atoms with van der Waals surface area (Å²) in [5, 5.41) is 12.8. The third-order valence-corrected chi connectivity index (χ3v) is 6.87. The number of fused-ring (bicyclic) bond motifs is 1. The van der Waals surface area contributed by atoms with Crippen LogP contribution in [0.5, 0.6) is 5.75 Å². The first kappa shape index (κ1) is 19.8. The number of piperidine rings is 1. The van der Waals surface area contributed by atoms with Gasteiger partial charge in [0, 0.05) is 37.7 Å². The second-order valence-corrected chi connectivity index (χ2v) is 8.67. The lowest BCUT2D eigenvalue weighted by atomic mass is 10.0. The highest BCUT2D eigenvalue weighted by molar-refractivity contribution is 5.99. The van der Waals surface area contributed by atoms with E-state index in [1.165, 1.54) is 0 Å². The zero-order chi connectivity index (χ0) is 20.7. The van der Waals surface area contributed by atoms with Crippen molar-refractivity contribution in [1.82, 2.24) is 15.1 Å². The molecule has 2 amide bonds. The minimum absolute atomic E-state index is 0.0937. The minimum atomic E-state index is -1.02. The Morgan fingerprint density at radius 2 is 1.93 bits per heavy atom. The van der Waals surface area contributed by atoms with Gasteiger partial charge in [-0.1, -0.05) is 0 Å². The standard InChI is InChI=1S/C22H29N3O5/c26-20-7-6-18(21(27)23-20)25-13-14-12-15(4-5-16(14)22(25)28)30-19-3-1-2-17(19)24-8-10-29-11-9-24/h4-5,12,17-19,21,27H,1-3,6-11,13H2,(H,23,26)/t17-,18?,19+,21?/m0/s1. The normalized spacial score (nSPS) is 32.2. The predicted molar refractivity (Wildman–Crippen MR) is 108 cm³/mol. The Balaban J connectivity index is 1.28. The van der Waals surface area contributed by atoms with Crippen LogP contribution in [0, 0.1) is 0 Å². The second-order valence-electron chi connectivity index (χ2n) is 8.67. The Kier molecular flexibility index (Phi) is 5.39. The van der Waals surface area contributed by atoms with Crippen molar-refractivity contribution in [2.24, 2.45) is 0 Å². The van der Waals surface area contributed by atoms with Gasteiger partial charge in [0.1, 0.15) is 18.1 Å². The third-order valence-electron chi connectivity index (χ3n) is 6.87. The van der Waals surface area contributed by atoms with Crippen LogP contribution in [0.2, 0.25) is 0 Å². The lowest BCUT2D eigenvalue weighted by molar-refractivity contribution is -0.129. The summed E-state index contributed by atoms with van der Waals surface area (Å²) in [6, 6.07) is 5.71. The van der Waals surface area contributed by atoms with Gasteiger partial charge in [0.25, 0.3) is 5.91 Å². The van der Waals surface area contributed by atoms with Gasteiger partial charge in [-0.05, 0) is 49.4 Å². The van der Waals surface area contributed by atoms with Gasteiger partial charge in [-0.3, -0.25) is 14.5 Å². The fourth-order valence-electron chi connectivity index (χ4n) is 5.30. The van der Waals surface area contributed by atoms with E-state index >= 15 is 0 Å². The molecule has 1 saturated carbocycles. The van der Waals surface area contributed by atoms with Gasteiger partial charge >= 0.3 is 0 Å². The largest absolute Gasteiger partial charge is 0.489 e. The number of ether oxygens (including phenoxy) is 2. The number of amides is 2. The topological polar surface area (TPSA) is 91.3 Å². The number of nitrogens with one attached hydrogen (secondary N) is 1. The molecule has 1 aliphatic carbocycles. The maximum absolute atomic E-state index is 12.9. The van der Waals surface area contributed by atoms with Crippen molar-refractivity contribution >= 4 is 11.8 Å². The first-order valence-electron chi connectivity index (χ1n) is 11.0. The summed E-state index contributed by atoms with van der Waals surface area (Å²) in [7, 11) is 0. The molecule has 0 spiro atoms.